The van der Waals surface area contributed by atoms with Gasteiger partial charge >= 0.3 is 0 Å². The molecular weight excluding hydrogens is 466 g/mol. The molecule has 4 aliphatic rings. The van der Waals surface area contributed by atoms with E-state index in [9.17, 15) is 8.42 Å². The second kappa shape index (κ2) is 11.4. The minimum Gasteiger partial charge on any atom is -0.311 e. The van der Waals surface area contributed by atoms with Crippen molar-refractivity contribution >= 4 is 9.84 Å². The Hall–Kier alpha value is -0.950. The van der Waals surface area contributed by atoms with Gasteiger partial charge in [0.15, 0.2) is 9.84 Å². The zero-order chi connectivity index (χ0) is 25.1. The Balaban J connectivity index is 1.25. The van der Waals surface area contributed by atoms with E-state index < -0.39 is 9.84 Å². The molecule has 2 heterocycles. The summed E-state index contributed by atoms with van der Waals surface area (Å²) in [6, 6.07) is 8.05. The van der Waals surface area contributed by atoms with Crippen LogP contribution in [0.4, 0.5) is 0 Å². The maximum Gasteiger partial charge on any atom is 0.175 e. The Bertz CT molecular complexity index is 945. The van der Waals surface area contributed by atoms with Crippen LogP contribution in [0, 0.1) is 11.3 Å². The van der Waals surface area contributed by atoms with Gasteiger partial charge in [0, 0.05) is 24.4 Å². The van der Waals surface area contributed by atoms with Gasteiger partial charge in [0.1, 0.15) is 0 Å². The zero-order valence-corrected chi connectivity index (χ0v) is 23.3. The highest BCUT2D eigenvalue weighted by molar-refractivity contribution is 7.90. The van der Waals surface area contributed by atoms with Crippen LogP contribution in [0.5, 0.6) is 0 Å². The highest BCUT2D eigenvalue weighted by atomic mass is 32.2. The summed E-state index contributed by atoms with van der Waals surface area (Å²) in [5, 5.41) is 12.0. The Morgan fingerprint density at radius 2 is 1.47 bits per heavy atom. The summed E-state index contributed by atoms with van der Waals surface area (Å²) in [5.74, 6) is 0.715. The van der Waals surface area contributed by atoms with Crippen molar-refractivity contribution in [2.45, 2.75) is 125 Å². The van der Waals surface area contributed by atoms with Crippen LogP contribution in [-0.4, -0.2) is 39.5 Å². The summed E-state index contributed by atoms with van der Waals surface area (Å²) >= 11 is 0. The van der Waals surface area contributed by atoms with E-state index in [2.05, 4.69) is 28.1 Å². The molecule has 2 spiro atoms. The summed E-state index contributed by atoms with van der Waals surface area (Å²) in [5.41, 5.74) is 1.95. The van der Waals surface area contributed by atoms with Gasteiger partial charge in [0.25, 0.3) is 0 Å². The summed E-state index contributed by atoms with van der Waals surface area (Å²) < 4.78 is 24.1. The van der Waals surface area contributed by atoms with Crippen molar-refractivity contribution in [3.8, 4) is 0 Å². The molecular formula is C30H49N3O2S. The lowest BCUT2D eigenvalue weighted by atomic mass is 9.66. The summed E-state index contributed by atoms with van der Waals surface area (Å²) in [6.07, 6.45) is 23.0. The molecule has 2 aliphatic carbocycles. The third-order valence-corrected chi connectivity index (χ3v) is 11.2. The number of hydrogen-bond donors (Lipinski definition) is 3. The van der Waals surface area contributed by atoms with Crippen molar-refractivity contribution in [1.29, 1.82) is 0 Å². The highest BCUT2D eigenvalue weighted by Gasteiger charge is 2.44. The summed E-state index contributed by atoms with van der Waals surface area (Å²) in [7, 11) is -3.17. The normalized spacial score (nSPS) is 31.1. The third kappa shape index (κ3) is 6.19. The minimum absolute atomic E-state index is 0.286. The molecule has 0 radical (unpaired) electrons. The molecule has 3 N–H and O–H groups in total. The van der Waals surface area contributed by atoms with Crippen LogP contribution in [-0.2, 0) is 9.84 Å². The second-order valence-corrected chi connectivity index (χ2v) is 14.7. The predicted molar refractivity (Wildman–Crippen MR) is 148 cm³/mol. The molecule has 2 saturated heterocycles. The van der Waals surface area contributed by atoms with Crippen molar-refractivity contribution in [2.75, 3.05) is 19.3 Å². The SMILES string of the molecule is CS(=O)(=O)c1ccc(C2NC(NCC3CNC4(CCCCCCC4)C3)CCC23CCCCCC3)cc1. The molecule has 202 valence electrons. The van der Waals surface area contributed by atoms with Gasteiger partial charge in [0.05, 0.1) is 11.1 Å². The van der Waals surface area contributed by atoms with Gasteiger partial charge in [-0.25, -0.2) is 8.42 Å². The monoisotopic (exact) mass is 515 g/mol. The quantitative estimate of drug-likeness (QED) is 0.458. The first-order valence-electron chi connectivity index (χ1n) is 14.9. The smallest absolute Gasteiger partial charge is 0.175 e. The molecule has 5 rings (SSSR count). The molecule has 2 aliphatic heterocycles. The average molecular weight is 516 g/mol. The van der Waals surface area contributed by atoms with E-state index in [0.29, 0.717) is 27.9 Å². The molecule has 6 heteroatoms. The second-order valence-electron chi connectivity index (χ2n) is 12.7. The van der Waals surface area contributed by atoms with Crippen LogP contribution in [0.25, 0.3) is 0 Å². The largest absolute Gasteiger partial charge is 0.311 e. The lowest BCUT2D eigenvalue weighted by molar-refractivity contribution is 0.0755. The van der Waals surface area contributed by atoms with Gasteiger partial charge in [-0.3, -0.25) is 5.32 Å². The van der Waals surface area contributed by atoms with Crippen molar-refractivity contribution in [2.24, 2.45) is 11.3 Å². The fourth-order valence-corrected chi connectivity index (χ4v) is 8.63. The molecule has 0 amide bonds. The molecule has 1 aromatic rings. The Morgan fingerprint density at radius 3 is 2.11 bits per heavy atom. The first-order chi connectivity index (χ1) is 17.4. The summed E-state index contributed by atoms with van der Waals surface area (Å²) in [6.45, 7) is 2.24. The van der Waals surface area contributed by atoms with Gasteiger partial charge < -0.3 is 10.6 Å². The molecule has 36 heavy (non-hydrogen) atoms. The molecule has 2 saturated carbocycles. The van der Waals surface area contributed by atoms with Crippen LogP contribution >= 0.6 is 0 Å². The van der Waals surface area contributed by atoms with E-state index in [1.54, 1.807) is 0 Å². The van der Waals surface area contributed by atoms with Gasteiger partial charge in [-0.1, -0.05) is 69.9 Å². The predicted octanol–water partition coefficient (Wildman–Crippen LogP) is 5.86. The molecule has 1 aromatic carbocycles. The minimum atomic E-state index is -3.17. The van der Waals surface area contributed by atoms with Crippen LogP contribution in [0.15, 0.2) is 29.2 Å². The van der Waals surface area contributed by atoms with Crippen LogP contribution in [0.3, 0.4) is 0 Å². The van der Waals surface area contributed by atoms with Crippen LogP contribution in [0.1, 0.15) is 114 Å². The number of hydrogen-bond acceptors (Lipinski definition) is 5. The van der Waals surface area contributed by atoms with Gasteiger partial charge in [-0.15, -0.1) is 0 Å². The fourth-order valence-electron chi connectivity index (χ4n) is 8.00. The fraction of sp³-hybridized carbons (Fsp3) is 0.800. The topological polar surface area (TPSA) is 70.2 Å². The molecule has 3 unspecified atom stereocenters. The van der Waals surface area contributed by atoms with Crippen molar-refractivity contribution in [1.82, 2.24) is 16.0 Å². The Morgan fingerprint density at radius 1 is 0.861 bits per heavy atom. The van der Waals surface area contributed by atoms with E-state index in [1.807, 2.05) is 12.1 Å². The van der Waals surface area contributed by atoms with Crippen molar-refractivity contribution in [3.63, 3.8) is 0 Å². The third-order valence-electron chi connectivity index (χ3n) is 10.1. The average Bonchev–Trinajstić information content (AvgIpc) is 3.12. The molecule has 0 aromatic heterocycles. The molecule has 3 atom stereocenters. The van der Waals surface area contributed by atoms with Crippen molar-refractivity contribution in [3.05, 3.63) is 29.8 Å². The van der Waals surface area contributed by atoms with E-state index >= 15 is 0 Å². The lowest BCUT2D eigenvalue weighted by Crippen LogP contribution is -2.54. The van der Waals surface area contributed by atoms with Gasteiger partial charge in [0.2, 0.25) is 0 Å². The van der Waals surface area contributed by atoms with Gasteiger partial charge in [-0.05, 0) is 80.5 Å². The van der Waals surface area contributed by atoms with Gasteiger partial charge in [-0.2, -0.15) is 0 Å². The van der Waals surface area contributed by atoms with E-state index in [-0.39, 0.29) is 6.04 Å². The Labute approximate surface area is 219 Å². The molecule has 4 fully saturated rings. The van der Waals surface area contributed by atoms with Crippen LogP contribution in [0.2, 0.25) is 0 Å². The van der Waals surface area contributed by atoms with Crippen molar-refractivity contribution < 1.29 is 8.42 Å². The van der Waals surface area contributed by atoms with E-state index in [1.165, 1.54) is 115 Å². The number of nitrogens with one attached hydrogen (secondary N) is 3. The maximum atomic E-state index is 12.0. The zero-order valence-electron chi connectivity index (χ0n) is 22.5. The Kier molecular flexibility index (Phi) is 8.46. The summed E-state index contributed by atoms with van der Waals surface area (Å²) in [4.78, 5) is 0.420. The number of rotatable bonds is 5. The van der Waals surface area contributed by atoms with Crippen LogP contribution < -0.4 is 16.0 Å². The first-order valence-corrected chi connectivity index (χ1v) is 16.8. The number of sulfone groups is 1. The standard InChI is InChI=1S/C30H49N3O2S/c1-36(34,35)26-13-11-25(12-14-26)28-29(16-7-5-6-8-17-29)20-15-27(33-28)31-22-24-21-30(32-23-24)18-9-3-2-4-10-19-30/h11-14,24,27-28,31-33H,2-10,15-23H2,1H3. The maximum absolute atomic E-state index is 12.0. The number of piperidine rings is 1. The molecule has 0 bridgehead atoms. The lowest BCUT2D eigenvalue weighted by Gasteiger charge is -2.48. The van der Waals surface area contributed by atoms with E-state index in [0.717, 1.165) is 13.1 Å². The van der Waals surface area contributed by atoms with E-state index in [4.69, 9.17) is 0 Å². The molecule has 5 nitrogen and oxygen atoms in total. The number of benzene rings is 1. The highest BCUT2D eigenvalue weighted by Crippen LogP contribution is 2.51. The first kappa shape index (κ1) is 26.6.